The van der Waals surface area contributed by atoms with E-state index in [9.17, 15) is 4.79 Å². The van der Waals surface area contributed by atoms with Crippen molar-refractivity contribution in [2.24, 2.45) is 0 Å². The summed E-state index contributed by atoms with van der Waals surface area (Å²) in [6, 6.07) is 7.01. The average molecular weight is 267 g/mol. The summed E-state index contributed by atoms with van der Waals surface area (Å²) in [5, 5.41) is 2.32. The second-order valence-corrected chi connectivity index (χ2v) is 4.93. The molecule has 1 aromatic heterocycles. The topological polar surface area (TPSA) is 26.3 Å². The summed E-state index contributed by atoms with van der Waals surface area (Å²) < 4.78 is 5.05. The molecule has 0 radical (unpaired) electrons. The minimum absolute atomic E-state index is 0.0369. The van der Waals surface area contributed by atoms with Gasteiger partial charge in [0.15, 0.2) is 0 Å². The molecule has 88 valence electrons. The standard InChI is InChI=1S/C13H11ClO2S/c1-8-5-6-17-13(8)12(15)10-4-3-9(16-2)7-11(10)14/h3-7H,1-2H3. The monoisotopic (exact) mass is 266 g/mol. The molecule has 2 nitrogen and oxygen atoms in total. The molecule has 4 heteroatoms. The Balaban J connectivity index is 2.41. The Morgan fingerprint density at radius 2 is 2.12 bits per heavy atom. The van der Waals surface area contributed by atoms with Crippen LogP contribution in [0.3, 0.4) is 0 Å². The molecule has 0 aliphatic carbocycles. The largest absolute Gasteiger partial charge is 0.497 e. The Labute approximate surface area is 109 Å². The van der Waals surface area contributed by atoms with Crippen LogP contribution in [0, 0.1) is 6.92 Å². The molecule has 0 saturated heterocycles. The third-order valence-electron chi connectivity index (χ3n) is 2.49. The number of hydrogen-bond acceptors (Lipinski definition) is 3. The van der Waals surface area contributed by atoms with Crippen molar-refractivity contribution in [2.45, 2.75) is 6.92 Å². The number of halogens is 1. The van der Waals surface area contributed by atoms with E-state index in [1.165, 1.54) is 11.3 Å². The van der Waals surface area contributed by atoms with E-state index >= 15 is 0 Å². The lowest BCUT2D eigenvalue weighted by molar-refractivity contribution is 0.104. The SMILES string of the molecule is COc1ccc(C(=O)c2sccc2C)c(Cl)c1. The number of thiophene rings is 1. The fourth-order valence-corrected chi connectivity index (χ4v) is 2.67. The highest BCUT2D eigenvalue weighted by Gasteiger charge is 2.16. The van der Waals surface area contributed by atoms with Gasteiger partial charge in [-0.25, -0.2) is 0 Å². The van der Waals surface area contributed by atoms with Crippen molar-refractivity contribution in [3.63, 3.8) is 0 Å². The van der Waals surface area contributed by atoms with Crippen LogP contribution in [-0.2, 0) is 0 Å². The molecule has 0 saturated carbocycles. The normalized spacial score (nSPS) is 10.3. The number of ketones is 1. The number of hydrogen-bond donors (Lipinski definition) is 0. The molecule has 0 amide bonds. The summed E-state index contributed by atoms with van der Waals surface area (Å²) in [5.74, 6) is 0.611. The van der Waals surface area contributed by atoms with Crippen LogP contribution in [0.5, 0.6) is 5.75 Å². The summed E-state index contributed by atoms with van der Waals surface area (Å²) in [7, 11) is 1.57. The molecule has 0 aliphatic rings. The molecule has 0 bridgehead atoms. The molecule has 0 fully saturated rings. The van der Waals surface area contributed by atoms with E-state index in [1.807, 2.05) is 18.4 Å². The van der Waals surface area contributed by atoms with Gasteiger partial charge in [0.1, 0.15) is 5.75 Å². The lowest BCUT2D eigenvalue weighted by Gasteiger charge is -2.05. The van der Waals surface area contributed by atoms with Crippen molar-refractivity contribution in [2.75, 3.05) is 7.11 Å². The third kappa shape index (κ3) is 2.35. The summed E-state index contributed by atoms with van der Waals surface area (Å²) in [6.07, 6.45) is 0. The number of carbonyl (C=O) groups is 1. The second-order valence-electron chi connectivity index (χ2n) is 3.61. The van der Waals surface area contributed by atoms with E-state index in [1.54, 1.807) is 25.3 Å². The number of rotatable bonds is 3. The van der Waals surface area contributed by atoms with Crippen molar-refractivity contribution in [3.05, 3.63) is 50.7 Å². The van der Waals surface area contributed by atoms with Gasteiger partial charge in [0.05, 0.1) is 17.0 Å². The molecule has 0 unspecified atom stereocenters. The zero-order valence-electron chi connectivity index (χ0n) is 9.49. The Kier molecular flexibility index (Phi) is 3.50. The Bertz CT molecular complexity index is 560. The van der Waals surface area contributed by atoms with Crippen LogP contribution in [0.4, 0.5) is 0 Å². The van der Waals surface area contributed by atoms with Crippen molar-refractivity contribution in [1.82, 2.24) is 0 Å². The molecule has 0 spiro atoms. The van der Waals surface area contributed by atoms with Gasteiger partial charge in [-0.3, -0.25) is 4.79 Å². The van der Waals surface area contributed by atoms with Crippen LogP contribution in [0.1, 0.15) is 20.8 Å². The molecule has 1 heterocycles. The molecular weight excluding hydrogens is 256 g/mol. The highest BCUT2D eigenvalue weighted by atomic mass is 35.5. The van der Waals surface area contributed by atoms with Gasteiger partial charge in [-0.05, 0) is 42.1 Å². The smallest absolute Gasteiger partial charge is 0.204 e. The highest BCUT2D eigenvalue weighted by Crippen LogP contribution is 2.27. The average Bonchev–Trinajstić information content (AvgIpc) is 2.74. The van der Waals surface area contributed by atoms with Crippen LogP contribution >= 0.6 is 22.9 Å². The van der Waals surface area contributed by atoms with Gasteiger partial charge in [0.25, 0.3) is 0 Å². The number of ether oxygens (including phenoxy) is 1. The maximum absolute atomic E-state index is 12.2. The molecule has 0 atom stereocenters. The van der Waals surface area contributed by atoms with E-state index in [4.69, 9.17) is 16.3 Å². The fraction of sp³-hybridized carbons (Fsp3) is 0.154. The Morgan fingerprint density at radius 1 is 1.35 bits per heavy atom. The maximum atomic E-state index is 12.2. The zero-order valence-corrected chi connectivity index (χ0v) is 11.1. The summed E-state index contributed by atoms with van der Waals surface area (Å²) >= 11 is 7.51. The van der Waals surface area contributed by atoms with Crippen LogP contribution < -0.4 is 4.74 Å². The molecule has 1 aromatic carbocycles. The molecule has 0 aliphatic heterocycles. The first kappa shape index (κ1) is 12.1. The van der Waals surface area contributed by atoms with Crippen molar-refractivity contribution >= 4 is 28.7 Å². The molecular formula is C13H11ClO2S. The molecule has 0 N–H and O–H groups in total. The lowest BCUT2D eigenvalue weighted by Crippen LogP contribution is -2.01. The summed E-state index contributed by atoms with van der Waals surface area (Å²) in [5.41, 5.74) is 1.49. The number of carbonyl (C=O) groups excluding carboxylic acids is 1. The van der Waals surface area contributed by atoms with Gasteiger partial charge in [-0.15, -0.1) is 11.3 Å². The van der Waals surface area contributed by atoms with Crippen LogP contribution in [0.15, 0.2) is 29.6 Å². The second kappa shape index (κ2) is 4.90. The maximum Gasteiger partial charge on any atom is 0.204 e. The van der Waals surface area contributed by atoms with E-state index in [-0.39, 0.29) is 5.78 Å². The van der Waals surface area contributed by atoms with Crippen LogP contribution in [-0.4, -0.2) is 12.9 Å². The first-order valence-corrected chi connectivity index (χ1v) is 6.31. The van der Waals surface area contributed by atoms with Gasteiger partial charge >= 0.3 is 0 Å². The number of methoxy groups -OCH3 is 1. The van der Waals surface area contributed by atoms with E-state index in [0.717, 1.165) is 10.4 Å². The minimum Gasteiger partial charge on any atom is -0.497 e. The van der Waals surface area contributed by atoms with Crippen molar-refractivity contribution in [1.29, 1.82) is 0 Å². The Hall–Kier alpha value is -1.32. The predicted octanol–water partition coefficient (Wildman–Crippen LogP) is 3.95. The minimum atomic E-state index is -0.0369. The molecule has 17 heavy (non-hydrogen) atoms. The van der Waals surface area contributed by atoms with E-state index in [0.29, 0.717) is 16.3 Å². The highest BCUT2D eigenvalue weighted by molar-refractivity contribution is 7.12. The Morgan fingerprint density at radius 3 is 2.65 bits per heavy atom. The predicted molar refractivity (Wildman–Crippen MR) is 70.5 cm³/mol. The van der Waals surface area contributed by atoms with Crippen LogP contribution in [0.2, 0.25) is 5.02 Å². The van der Waals surface area contributed by atoms with E-state index < -0.39 is 0 Å². The third-order valence-corrected chi connectivity index (χ3v) is 3.82. The van der Waals surface area contributed by atoms with Gasteiger partial charge in [0.2, 0.25) is 5.78 Å². The quantitative estimate of drug-likeness (QED) is 0.787. The van der Waals surface area contributed by atoms with Crippen molar-refractivity contribution in [3.8, 4) is 5.75 Å². The van der Waals surface area contributed by atoms with Gasteiger partial charge in [-0.2, -0.15) is 0 Å². The van der Waals surface area contributed by atoms with Gasteiger partial charge in [-0.1, -0.05) is 11.6 Å². The molecule has 2 aromatic rings. The number of benzene rings is 1. The zero-order chi connectivity index (χ0) is 12.4. The van der Waals surface area contributed by atoms with Crippen molar-refractivity contribution < 1.29 is 9.53 Å². The number of aryl methyl sites for hydroxylation is 1. The van der Waals surface area contributed by atoms with Gasteiger partial charge < -0.3 is 4.74 Å². The summed E-state index contributed by atoms with van der Waals surface area (Å²) in [4.78, 5) is 13.0. The lowest BCUT2D eigenvalue weighted by atomic mass is 10.1. The molecule has 2 rings (SSSR count). The van der Waals surface area contributed by atoms with Gasteiger partial charge in [0, 0.05) is 5.56 Å². The van der Waals surface area contributed by atoms with E-state index in [2.05, 4.69) is 0 Å². The first-order chi connectivity index (χ1) is 8.13. The first-order valence-electron chi connectivity index (χ1n) is 5.06. The van der Waals surface area contributed by atoms with Crippen LogP contribution in [0.25, 0.3) is 0 Å². The summed E-state index contributed by atoms with van der Waals surface area (Å²) in [6.45, 7) is 1.92. The fourth-order valence-electron chi connectivity index (χ4n) is 1.53.